The molecule has 3 aromatic carbocycles. The van der Waals surface area contributed by atoms with Crippen molar-refractivity contribution in [2.45, 2.75) is 12.8 Å². The lowest BCUT2D eigenvalue weighted by atomic mass is 10.2. The number of rotatable bonds is 6. The summed E-state index contributed by atoms with van der Waals surface area (Å²) in [5, 5.41) is 2.81. The summed E-state index contributed by atoms with van der Waals surface area (Å²) >= 11 is 0. The SMILES string of the molecule is O=C(CCc1ncc(-c2ccc(F)cc2F)o1)Nc1ccc(-c2nc3ccccc3o2)cc1. The molecule has 0 fully saturated rings. The maximum absolute atomic E-state index is 13.9. The molecule has 5 rings (SSSR count). The van der Waals surface area contributed by atoms with Crippen LogP contribution in [0.3, 0.4) is 0 Å². The van der Waals surface area contributed by atoms with E-state index < -0.39 is 11.6 Å². The largest absolute Gasteiger partial charge is 0.441 e. The van der Waals surface area contributed by atoms with E-state index in [0.29, 0.717) is 17.2 Å². The number of nitrogens with zero attached hydrogens (tertiary/aromatic N) is 2. The molecule has 0 aliphatic carbocycles. The number of anilines is 1. The van der Waals surface area contributed by atoms with Crippen molar-refractivity contribution in [3.8, 4) is 22.8 Å². The molecule has 0 saturated carbocycles. The van der Waals surface area contributed by atoms with Crippen molar-refractivity contribution in [2.75, 3.05) is 5.32 Å². The monoisotopic (exact) mass is 445 g/mol. The number of nitrogens with one attached hydrogen (secondary N) is 1. The van der Waals surface area contributed by atoms with Gasteiger partial charge < -0.3 is 14.2 Å². The molecule has 6 nitrogen and oxygen atoms in total. The number of fused-ring (bicyclic) bond motifs is 1. The number of para-hydroxylation sites is 2. The third-order valence-corrected chi connectivity index (χ3v) is 5.03. The van der Waals surface area contributed by atoms with Gasteiger partial charge in [-0.2, -0.15) is 0 Å². The van der Waals surface area contributed by atoms with Crippen LogP contribution in [-0.4, -0.2) is 15.9 Å². The van der Waals surface area contributed by atoms with Crippen LogP contribution in [0.25, 0.3) is 33.9 Å². The number of halogens is 2. The molecular formula is C25H17F2N3O3. The van der Waals surface area contributed by atoms with Gasteiger partial charge in [0.1, 0.15) is 17.2 Å². The van der Waals surface area contributed by atoms with Gasteiger partial charge in [0.15, 0.2) is 17.2 Å². The number of hydrogen-bond donors (Lipinski definition) is 1. The molecule has 1 amide bonds. The first kappa shape index (κ1) is 20.6. The van der Waals surface area contributed by atoms with Gasteiger partial charge in [-0.1, -0.05) is 12.1 Å². The second kappa shape index (κ2) is 8.66. The highest BCUT2D eigenvalue weighted by Crippen LogP contribution is 2.26. The molecule has 2 heterocycles. The van der Waals surface area contributed by atoms with Crippen LogP contribution in [0.15, 0.2) is 81.8 Å². The summed E-state index contributed by atoms with van der Waals surface area (Å²) < 4.78 is 38.2. The summed E-state index contributed by atoms with van der Waals surface area (Å²) in [4.78, 5) is 20.8. The van der Waals surface area contributed by atoms with Crippen molar-refractivity contribution < 1.29 is 22.4 Å². The van der Waals surface area contributed by atoms with Gasteiger partial charge in [-0.25, -0.2) is 18.7 Å². The second-order valence-electron chi connectivity index (χ2n) is 7.35. The molecule has 0 saturated heterocycles. The van der Waals surface area contributed by atoms with E-state index >= 15 is 0 Å². The molecule has 8 heteroatoms. The highest BCUT2D eigenvalue weighted by atomic mass is 19.1. The van der Waals surface area contributed by atoms with Crippen molar-refractivity contribution in [2.24, 2.45) is 0 Å². The first-order valence-electron chi connectivity index (χ1n) is 10.2. The van der Waals surface area contributed by atoms with Gasteiger partial charge in [0.05, 0.1) is 11.8 Å². The van der Waals surface area contributed by atoms with Gasteiger partial charge in [-0.3, -0.25) is 4.79 Å². The number of aromatic nitrogens is 2. The van der Waals surface area contributed by atoms with E-state index in [1.165, 1.54) is 12.3 Å². The molecule has 0 atom stereocenters. The molecule has 2 aromatic heterocycles. The highest BCUT2D eigenvalue weighted by molar-refractivity contribution is 5.91. The van der Waals surface area contributed by atoms with Crippen molar-refractivity contribution in [1.82, 2.24) is 9.97 Å². The van der Waals surface area contributed by atoms with Crippen molar-refractivity contribution in [3.63, 3.8) is 0 Å². The Labute approximate surface area is 186 Å². The molecule has 164 valence electrons. The summed E-state index contributed by atoms with van der Waals surface area (Å²) in [5.41, 5.74) is 3.02. The molecule has 33 heavy (non-hydrogen) atoms. The zero-order valence-electron chi connectivity index (χ0n) is 17.2. The minimum atomic E-state index is -0.739. The third-order valence-electron chi connectivity index (χ3n) is 5.03. The van der Waals surface area contributed by atoms with Gasteiger partial charge in [0, 0.05) is 30.2 Å². The van der Waals surface area contributed by atoms with E-state index in [0.717, 1.165) is 23.2 Å². The van der Waals surface area contributed by atoms with Crippen LogP contribution in [0.5, 0.6) is 0 Å². The summed E-state index contributed by atoms with van der Waals surface area (Å²) in [7, 11) is 0. The number of carbonyl (C=O) groups is 1. The number of carbonyl (C=O) groups excluding carboxylic acids is 1. The standard InChI is InChI=1S/C25H17F2N3O3/c26-16-7-10-18(19(27)13-16)22-14-28-24(32-22)12-11-23(31)29-17-8-5-15(6-9-17)25-30-20-3-1-2-4-21(20)33-25/h1-10,13-14H,11-12H2,(H,29,31). The zero-order valence-corrected chi connectivity index (χ0v) is 17.2. The number of oxazole rings is 2. The first-order chi connectivity index (χ1) is 16.0. The Kier molecular flexibility index (Phi) is 5.40. The fraction of sp³-hybridized carbons (Fsp3) is 0.0800. The van der Waals surface area contributed by atoms with Crippen molar-refractivity contribution >= 4 is 22.7 Å². The molecule has 0 unspecified atom stereocenters. The van der Waals surface area contributed by atoms with Gasteiger partial charge in [-0.15, -0.1) is 0 Å². The summed E-state index contributed by atoms with van der Waals surface area (Å²) in [6.07, 6.45) is 1.71. The van der Waals surface area contributed by atoms with E-state index in [4.69, 9.17) is 8.83 Å². The second-order valence-corrected chi connectivity index (χ2v) is 7.35. The average Bonchev–Trinajstić information content (AvgIpc) is 3.45. The van der Waals surface area contributed by atoms with Crippen molar-refractivity contribution in [1.29, 1.82) is 0 Å². The van der Waals surface area contributed by atoms with Crippen LogP contribution >= 0.6 is 0 Å². The average molecular weight is 445 g/mol. The Bertz CT molecular complexity index is 1410. The lowest BCUT2D eigenvalue weighted by Crippen LogP contribution is -2.12. The van der Waals surface area contributed by atoms with Gasteiger partial charge >= 0.3 is 0 Å². The predicted molar refractivity (Wildman–Crippen MR) is 118 cm³/mol. The molecule has 0 bridgehead atoms. The molecule has 0 aliphatic heterocycles. The number of amides is 1. The Morgan fingerprint density at radius 3 is 2.58 bits per heavy atom. The molecule has 0 aliphatic rings. The normalized spacial score (nSPS) is 11.1. The smallest absolute Gasteiger partial charge is 0.227 e. The fourth-order valence-electron chi connectivity index (χ4n) is 3.38. The van der Waals surface area contributed by atoms with E-state index in [-0.39, 0.29) is 36.0 Å². The first-order valence-corrected chi connectivity index (χ1v) is 10.2. The number of hydrogen-bond acceptors (Lipinski definition) is 5. The van der Waals surface area contributed by atoms with Crippen LogP contribution in [0, 0.1) is 11.6 Å². The van der Waals surface area contributed by atoms with Crippen LogP contribution in [0.2, 0.25) is 0 Å². The molecule has 0 radical (unpaired) electrons. The summed E-state index contributed by atoms with van der Waals surface area (Å²) in [6, 6.07) is 17.9. The van der Waals surface area contributed by atoms with Gasteiger partial charge in [-0.05, 0) is 48.5 Å². The minimum Gasteiger partial charge on any atom is -0.441 e. The van der Waals surface area contributed by atoms with E-state index in [1.807, 2.05) is 36.4 Å². The zero-order chi connectivity index (χ0) is 22.8. The lowest BCUT2D eigenvalue weighted by molar-refractivity contribution is -0.116. The lowest BCUT2D eigenvalue weighted by Gasteiger charge is -2.05. The van der Waals surface area contributed by atoms with E-state index in [1.54, 1.807) is 12.1 Å². The topological polar surface area (TPSA) is 81.2 Å². The Hall–Kier alpha value is -4.33. The maximum atomic E-state index is 13.9. The van der Waals surface area contributed by atoms with Crippen LogP contribution in [0.1, 0.15) is 12.3 Å². The van der Waals surface area contributed by atoms with E-state index in [9.17, 15) is 13.6 Å². The van der Waals surface area contributed by atoms with Crippen LogP contribution < -0.4 is 5.32 Å². The summed E-state index contributed by atoms with van der Waals surface area (Å²) in [5.74, 6) is -0.664. The van der Waals surface area contributed by atoms with Crippen LogP contribution in [0.4, 0.5) is 14.5 Å². The number of benzene rings is 3. The Morgan fingerprint density at radius 1 is 0.970 bits per heavy atom. The molecule has 5 aromatic rings. The predicted octanol–water partition coefficient (Wildman–Crippen LogP) is 6.00. The van der Waals surface area contributed by atoms with Gasteiger partial charge in [0.2, 0.25) is 11.8 Å². The van der Waals surface area contributed by atoms with Crippen LogP contribution in [-0.2, 0) is 11.2 Å². The maximum Gasteiger partial charge on any atom is 0.227 e. The number of aryl methyl sites for hydroxylation is 1. The third kappa shape index (κ3) is 4.50. The molecular weight excluding hydrogens is 428 g/mol. The minimum absolute atomic E-state index is 0.110. The molecule has 0 spiro atoms. The summed E-state index contributed by atoms with van der Waals surface area (Å²) in [6.45, 7) is 0. The fourth-order valence-corrected chi connectivity index (χ4v) is 3.38. The van der Waals surface area contributed by atoms with Gasteiger partial charge in [0.25, 0.3) is 0 Å². The van der Waals surface area contributed by atoms with E-state index in [2.05, 4.69) is 15.3 Å². The molecule has 1 N–H and O–H groups in total. The quantitative estimate of drug-likeness (QED) is 0.347. The highest BCUT2D eigenvalue weighted by Gasteiger charge is 2.13. The Morgan fingerprint density at radius 2 is 1.79 bits per heavy atom. The Balaban J connectivity index is 1.19. The van der Waals surface area contributed by atoms with Crippen molar-refractivity contribution in [3.05, 3.63) is 90.5 Å².